The van der Waals surface area contributed by atoms with E-state index in [2.05, 4.69) is 26.2 Å². The number of esters is 1. The molecule has 0 radical (unpaired) electrons. The highest BCUT2D eigenvalue weighted by Gasteiger charge is 2.21. The standard InChI is InChI=1S/C20H19BrN2O5/c1-11(19(24)23-16-10-14(26-2)5-7-18(16)27-3)28-20(25)17-9-12-8-13(21)4-6-15(12)22-17/h4-11,22H,1-3H3,(H,23,24). The van der Waals surface area contributed by atoms with Gasteiger partial charge in [0.2, 0.25) is 0 Å². The van der Waals surface area contributed by atoms with Crippen LogP contribution in [0.4, 0.5) is 5.69 Å². The third-order valence-electron chi connectivity index (χ3n) is 4.12. The molecule has 8 heteroatoms. The largest absolute Gasteiger partial charge is 0.497 e. The van der Waals surface area contributed by atoms with Crippen molar-refractivity contribution in [2.45, 2.75) is 13.0 Å². The van der Waals surface area contributed by atoms with Gasteiger partial charge in [-0.25, -0.2) is 4.79 Å². The Hall–Kier alpha value is -3.00. The Morgan fingerprint density at radius 2 is 1.86 bits per heavy atom. The summed E-state index contributed by atoms with van der Waals surface area (Å²) in [7, 11) is 3.02. The lowest BCUT2D eigenvalue weighted by molar-refractivity contribution is -0.123. The number of aromatic amines is 1. The second-order valence-electron chi connectivity index (χ2n) is 6.02. The molecule has 0 aliphatic rings. The molecular formula is C20H19BrN2O5. The highest BCUT2D eigenvalue weighted by atomic mass is 79.9. The molecule has 3 aromatic rings. The molecule has 0 saturated carbocycles. The number of nitrogens with one attached hydrogen (secondary N) is 2. The van der Waals surface area contributed by atoms with Gasteiger partial charge in [-0.15, -0.1) is 0 Å². The van der Waals surface area contributed by atoms with Crippen LogP contribution < -0.4 is 14.8 Å². The summed E-state index contributed by atoms with van der Waals surface area (Å²) in [5.41, 5.74) is 1.49. The number of fused-ring (bicyclic) bond motifs is 1. The van der Waals surface area contributed by atoms with Gasteiger partial charge in [0.15, 0.2) is 6.10 Å². The number of halogens is 1. The van der Waals surface area contributed by atoms with Crippen molar-refractivity contribution < 1.29 is 23.8 Å². The predicted octanol–water partition coefficient (Wildman–Crippen LogP) is 4.13. The van der Waals surface area contributed by atoms with Crippen LogP contribution in [0, 0.1) is 0 Å². The number of hydrogen-bond acceptors (Lipinski definition) is 5. The van der Waals surface area contributed by atoms with Gasteiger partial charge in [0.1, 0.15) is 17.2 Å². The van der Waals surface area contributed by atoms with Crippen LogP contribution in [0.1, 0.15) is 17.4 Å². The minimum absolute atomic E-state index is 0.270. The van der Waals surface area contributed by atoms with Crippen LogP contribution >= 0.6 is 15.9 Å². The molecule has 2 N–H and O–H groups in total. The first-order valence-corrected chi connectivity index (χ1v) is 9.22. The molecule has 0 saturated heterocycles. The number of methoxy groups -OCH3 is 2. The maximum Gasteiger partial charge on any atom is 0.355 e. The minimum Gasteiger partial charge on any atom is -0.497 e. The van der Waals surface area contributed by atoms with Crippen LogP contribution in [-0.2, 0) is 9.53 Å². The predicted molar refractivity (Wildman–Crippen MR) is 109 cm³/mol. The van der Waals surface area contributed by atoms with E-state index in [1.165, 1.54) is 21.1 Å². The first-order valence-electron chi connectivity index (χ1n) is 8.43. The molecule has 0 aliphatic heterocycles. The van der Waals surface area contributed by atoms with Crippen LogP contribution in [0.25, 0.3) is 10.9 Å². The summed E-state index contributed by atoms with van der Waals surface area (Å²) < 4.78 is 16.6. The first-order chi connectivity index (χ1) is 13.4. The molecule has 1 heterocycles. The normalized spacial score (nSPS) is 11.7. The zero-order valence-electron chi connectivity index (χ0n) is 15.5. The third-order valence-corrected chi connectivity index (χ3v) is 4.61. The molecule has 1 atom stereocenters. The first kappa shape index (κ1) is 19.8. The SMILES string of the molecule is COc1ccc(OC)c(NC(=O)C(C)OC(=O)c2cc3cc(Br)ccc3[nH]2)c1. The van der Waals surface area contributed by atoms with Crippen LogP contribution in [-0.4, -0.2) is 37.2 Å². The van der Waals surface area contributed by atoms with Crippen LogP contribution in [0.2, 0.25) is 0 Å². The number of H-pyrrole nitrogens is 1. The second kappa shape index (κ2) is 8.35. The van der Waals surface area contributed by atoms with Crippen LogP contribution in [0.15, 0.2) is 46.9 Å². The molecule has 28 heavy (non-hydrogen) atoms. The highest BCUT2D eigenvalue weighted by Crippen LogP contribution is 2.29. The van der Waals surface area contributed by atoms with E-state index in [0.29, 0.717) is 17.2 Å². The number of aromatic nitrogens is 1. The van der Waals surface area contributed by atoms with E-state index in [1.54, 1.807) is 24.3 Å². The Bertz CT molecular complexity index is 1030. The third kappa shape index (κ3) is 4.28. The highest BCUT2D eigenvalue weighted by molar-refractivity contribution is 9.10. The number of ether oxygens (including phenoxy) is 3. The van der Waals surface area contributed by atoms with Crippen molar-refractivity contribution >= 4 is 44.4 Å². The van der Waals surface area contributed by atoms with Gasteiger partial charge in [0, 0.05) is 21.4 Å². The number of amides is 1. The van der Waals surface area contributed by atoms with Gasteiger partial charge >= 0.3 is 5.97 Å². The molecule has 146 valence electrons. The molecule has 2 aromatic carbocycles. The summed E-state index contributed by atoms with van der Waals surface area (Å²) >= 11 is 3.39. The van der Waals surface area contributed by atoms with Crippen molar-refractivity contribution in [1.82, 2.24) is 4.98 Å². The smallest absolute Gasteiger partial charge is 0.355 e. The van der Waals surface area contributed by atoms with Gasteiger partial charge in [-0.3, -0.25) is 4.79 Å². The maximum atomic E-state index is 12.5. The molecule has 1 aromatic heterocycles. The van der Waals surface area contributed by atoms with Gasteiger partial charge < -0.3 is 24.5 Å². The monoisotopic (exact) mass is 446 g/mol. The van der Waals surface area contributed by atoms with Gasteiger partial charge in [0.05, 0.1) is 19.9 Å². The Balaban J connectivity index is 1.70. The summed E-state index contributed by atoms with van der Waals surface area (Å²) in [5, 5.41) is 3.55. The molecular weight excluding hydrogens is 428 g/mol. The fraction of sp³-hybridized carbons (Fsp3) is 0.200. The fourth-order valence-corrected chi connectivity index (χ4v) is 3.02. The summed E-state index contributed by atoms with van der Waals surface area (Å²) in [4.78, 5) is 27.8. The topological polar surface area (TPSA) is 89.7 Å². The van der Waals surface area contributed by atoms with Crippen molar-refractivity contribution in [3.8, 4) is 11.5 Å². The average Bonchev–Trinajstić information content (AvgIpc) is 3.11. The van der Waals surface area contributed by atoms with Crippen molar-refractivity contribution in [3.05, 3.63) is 52.6 Å². The average molecular weight is 447 g/mol. The molecule has 3 rings (SSSR count). The lowest BCUT2D eigenvalue weighted by atomic mass is 10.2. The summed E-state index contributed by atoms with van der Waals surface area (Å²) in [6.45, 7) is 1.50. The fourth-order valence-electron chi connectivity index (χ4n) is 2.64. The number of carbonyl (C=O) groups is 2. The molecule has 1 unspecified atom stereocenters. The summed E-state index contributed by atoms with van der Waals surface area (Å²) in [6.07, 6.45) is -1.01. The molecule has 7 nitrogen and oxygen atoms in total. The van der Waals surface area contributed by atoms with E-state index in [0.717, 1.165) is 15.4 Å². The minimum atomic E-state index is -1.01. The molecule has 0 fully saturated rings. The lowest BCUT2D eigenvalue weighted by Crippen LogP contribution is -2.30. The van der Waals surface area contributed by atoms with E-state index in [1.807, 2.05) is 18.2 Å². The quantitative estimate of drug-likeness (QED) is 0.555. The Labute approximate surface area is 170 Å². The van der Waals surface area contributed by atoms with Gasteiger partial charge in [-0.1, -0.05) is 15.9 Å². The number of hydrogen-bond donors (Lipinski definition) is 2. The zero-order chi connectivity index (χ0) is 20.3. The van der Waals surface area contributed by atoms with Crippen LogP contribution in [0.5, 0.6) is 11.5 Å². The van der Waals surface area contributed by atoms with Gasteiger partial charge in [-0.05, 0) is 43.3 Å². The van der Waals surface area contributed by atoms with Gasteiger partial charge in [0.25, 0.3) is 5.91 Å². The summed E-state index contributed by atoms with van der Waals surface area (Å²) in [6, 6.07) is 12.3. The van der Waals surface area contributed by atoms with Crippen molar-refractivity contribution in [3.63, 3.8) is 0 Å². The Morgan fingerprint density at radius 3 is 2.57 bits per heavy atom. The number of anilines is 1. The maximum absolute atomic E-state index is 12.5. The number of benzene rings is 2. The zero-order valence-corrected chi connectivity index (χ0v) is 17.1. The Morgan fingerprint density at radius 1 is 1.07 bits per heavy atom. The molecule has 0 aliphatic carbocycles. The van der Waals surface area contributed by atoms with E-state index in [-0.39, 0.29) is 5.69 Å². The van der Waals surface area contributed by atoms with Crippen molar-refractivity contribution in [2.24, 2.45) is 0 Å². The summed E-state index contributed by atoms with van der Waals surface area (Å²) in [5.74, 6) is -0.0785. The van der Waals surface area contributed by atoms with Crippen molar-refractivity contribution in [1.29, 1.82) is 0 Å². The number of rotatable bonds is 6. The van der Waals surface area contributed by atoms with E-state index >= 15 is 0 Å². The van der Waals surface area contributed by atoms with E-state index < -0.39 is 18.0 Å². The number of carbonyl (C=O) groups excluding carboxylic acids is 2. The second-order valence-corrected chi connectivity index (χ2v) is 6.93. The van der Waals surface area contributed by atoms with E-state index in [4.69, 9.17) is 14.2 Å². The lowest BCUT2D eigenvalue weighted by Gasteiger charge is -2.15. The van der Waals surface area contributed by atoms with E-state index in [9.17, 15) is 9.59 Å². The van der Waals surface area contributed by atoms with Crippen LogP contribution in [0.3, 0.4) is 0 Å². The molecule has 0 spiro atoms. The van der Waals surface area contributed by atoms with Crippen molar-refractivity contribution in [2.75, 3.05) is 19.5 Å². The Kier molecular flexibility index (Phi) is 5.89. The molecule has 1 amide bonds. The molecule has 0 bridgehead atoms. The van der Waals surface area contributed by atoms with Gasteiger partial charge in [-0.2, -0.15) is 0 Å².